The summed E-state index contributed by atoms with van der Waals surface area (Å²) in [6.45, 7) is 5.31. The summed E-state index contributed by atoms with van der Waals surface area (Å²) >= 11 is 17.7. The van der Waals surface area contributed by atoms with E-state index < -0.39 is 10.0 Å². The Bertz CT molecular complexity index is 599. The van der Waals surface area contributed by atoms with E-state index in [9.17, 15) is 8.42 Å². The molecule has 0 N–H and O–H groups in total. The summed E-state index contributed by atoms with van der Waals surface area (Å²) in [5, 5.41) is 0.519. The van der Waals surface area contributed by atoms with E-state index in [1.54, 1.807) is 0 Å². The van der Waals surface area contributed by atoms with E-state index in [0.717, 1.165) is 6.54 Å². The lowest BCUT2D eigenvalue weighted by atomic mass is 10.3. The van der Waals surface area contributed by atoms with E-state index >= 15 is 0 Å². The van der Waals surface area contributed by atoms with Gasteiger partial charge in [-0.05, 0) is 18.7 Å². The van der Waals surface area contributed by atoms with E-state index in [0.29, 0.717) is 26.2 Å². The molecule has 1 aliphatic heterocycles. The fraction of sp³-hybridized carbons (Fsp3) is 0.500. The van der Waals surface area contributed by atoms with Crippen LogP contribution in [-0.4, -0.2) is 50.3 Å². The van der Waals surface area contributed by atoms with Gasteiger partial charge in [0.25, 0.3) is 0 Å². The zero-order valence-electron chi connectivity index (χ0n) is 10.9. The van der Waals surface area contributed by atoms with Gasteiger partial charge in [0.1, 0.15) is 4.90 Å². The van der Waals surface area contributed by atoms with Crippen LogP contribution in [0, 0.1) is 0 Å². The molecule has 1 heterocycles. The van der Waals surface area contributed by atoms with Crippen LogP contribution >= 0.6 is 34.8 Å². The Morgan fingerprint density at radius 3 is 2.10 bits per heavy atom. The largest absolute Gasteiger partial charge is 0.301 e. The van der Waals surface area contributed by atoms with Crippen LogP contribution in [-0.2, 0) is 10.0 Å². The Kier molecular flexibility index (Phi) is 5.21. The van der Waals surface area contributed by atoms with Crippen molar-refractivity contribution in [3.05, 3.63) is 27.2 Å². The summed E-state index contributed by atoms with van der Waals surface area (Å²) in [4.78, 5) is 2.21. The fourth-order valence-corrected chi connectivity index (χ4v) is 4.53. The molecule has 112 valence electrons. The molecule has 8 heteroatoms. The molecular weight excluding hydrogens is 343 g/mol. The molecule has 1 aliphatic rings. The van der Waals surface area contributed by atoms with E-state index in [1.807, 2.05) is 0 Å². The highest BCUT2D eigenvalue weighted by atomic mass is 35.5. The molecule has 1 aromatic rings. The second kappa shape index (κ2) is 6.38. The topological polar surface area (TPSA) is 40.6 Å². The van der Waals surface area contributed by atoms with Gasteiger partial charge in [0, 0.05) is 26.2 Å². The van der Waals surface area contributed by atoms with Crippen LogP contribution in [0.2, 0.25) is 15.1 Å². The third-order valence-electron chi connectivity index (χ3n) is 3.37. The molecule has 0 unspecified atom stereocenters. The van der Waals surface area contributed by atoms with Gasteiger partial charge in [-0.1, -0.05) is 41.7 Å². The Balaban J connectivity index is 2.30. The maximum absolute atomic E-state index is 12.6. The molecular formula is C12H15Cl3N2O2S. The zero-order valence-corrected chi connectivity index (χ0v) is 14.0. The normalized spacial score (nSPS) is 18.4. The Hall–Kier alpha value is -0.0400. The van der Waals surface area contributed by atoms with Crippen molar-refractivity contribution in [2.75, 3.05) is 32.7 Å². The molecule has 0 amide bonds. The van der Waals surface area contributed by atoms with Gasteiger partial charge in [0.2, 0.25) is 10.0 Å². The Morgan fingerprint density at radius 1 is 1.00 bits per heavy atom. The molecule has 0 aliphatic carbocycles. The van der Waals surface area contributed by atoms with Gasteiger partial charge >= 0.3 is 0 Å². The highest BCUT2D eigenvalue weighted by molar-refractivity contribution is 7.89. The van der Waals surface area contributed by atoms with Crippen LogP contribution in [0.5, 0.6) is 0 Å². The minimum atomic E-state index is -3.63. The molecule has 0 spiro atoms. The summed E-state index contributed by atoms with van der Waals surface area (Å²) in [6, 6.07) is 2.67. The number of nitrogens with zero attached hydrogens (tertiary/aromatic N) is 2. The van der Waals surface area contributed by atoms with Crippen molar-refractivity contribution in [2.24, 2.45) is 0 Å². The second-order valence-electron chi connectivity index (χ2n) is 4.54. The molecule has 20 heavy (non-hydrogen) atoms. The van der Waals surface area contributed by atoms with Crippen molar-refractivity contribution in [2.45, 2.75) is 11.8 Å². The lowest BCUT2D eigenvalue weighted by Crippen LogP contribution is -2.48. The monoisotopic (exact) mass is 356 g/mol. The predicted octanol–water partition coefficient (Wildman–Crippen LogP) is 2.97. The third kappa shape index (κ3) is 3.24. The lowest BCUT2D eigenvalue weighted by molar-refractivity contribution is 0.196. The van der Waals surface area contributed by atoms with Gasteiger partial charge in [0.15, 0.2) is 0 Å². The summed E-state index contributed by atoms with van der Waals surface area (Å²) in [7, 11) is -3.63. The first-order valence-electron chi connectivity index (χ1n) is 6.23. The van der Waals surface area contributed by atoms with E-state index in [2.05, 4.69) is 11.8 Å². The summed E-state index contributed by atoms with van der Waals surface area (Å²) in [5.41, 5.74) is 0. The molecule has 1 aromatic carbocycles. The minimum Gasteiger partial charge on any atom is -0.301 e. The van der Waals surface area contributed by atoms with Crippen LogP contribution < -0.4 is 0 Å². The average Bonchev–Trinajstić information content (AvgIpc) is 2.42. The molecule has 1 fully saturated rings. The van der Waals surface area contributed by atoms with Gasteiger partial charge in [-0.15, -0.1) is 0 Å². The van der Waals surface area contributed by atoms with Crippen molar-refractivity contribution < 1.29 is 8.42 Å². The van der Waals surface area contributed by atoms with E-state index in [1.165, 1.54) is 16.4 Å². The van der Waals surface area contributed by atoms with Crippen LogP contribution in [0.25, 0.3) is 0 Å². The molecule has 0 bridgehead atoms. The molecule has 1 saturated heterocycles. The number of halogens is 3. The second-order valence-corrected chi connectivity index (χ2v) is 7.66. The number of hydrogen-bond acceptors (Lipinski definition) is 3. The van der Waals surface area contributed by atoms with Crippen molar-refractivity contribution >= 4 is 44.8 Å². The van der Waals surface area contributed by atoms with Gasteiger partial charge in [0.05, 0.1) is 15.1 Å². The molecule has 0 radical (unpaired) electrons. The van der Waals surface area contributed by atoms with Crippen molar-refractivity contribution in [1.82, 2.24) is 9.21 Å². The maximum atomic E-state index is 12.6. The Morgan fingerprint density at radius 2 is 1.55 bits per heavy atom. The molecule has 2 rings (SSSR count). The number of rotatable bonds is 3. The smallest absolute Gasteiger partial charge is 0.244 e. The summed E-state index contributed by atoms with van der Waals surface area (Å²) in [5.74, 6) is 0. The van der Waals surface area contributed by atoms with E-state index in [-0.39, 0.29) is 20.0 Å². The third-order valence-corrected chi connectivity index (χ3v) is 6.46. The van der Waals surface area contributed by atoms with Crippen LogP contribution in [0.15, 0.2) is 17.0 Å². The first-order chi connectivity index (χ1) is 9.36. The van der Waals surface area contributed by atoms with Gasteiger partial charge in [-0.2, -0.15) is 4.31 Å². The van der Waals surface area contributed by atoms with Crippen molar-refractivity contribution in [3.63, 3.8) is 0 Å². The number of sulfonamides is 1. The molecule has 0 atom stereocenters. The lowest BCUT2D eigenvalue weighted by Gasteiger charge is -2.33. The summed E-state index contributed by atoms with van der Waals surface area (Å²) in [6.07, 6.45) is 0. The highest BCUT2D eigenvalue weighted by Crippen LogP contribution is 2.33. The highest BCUT2D eigenvalue weighted by Gasteiger charge is 2.30. The number of hydrogen-bond donors (Lipinski definition) is 0. The van der Waals surface area contributed by atoms with E-state index in [4.69, 9.17) is 34.8 Å². The van der Waals surface area contributed by atoms with Gasteiger partial charge in [-0.25, -0.2) is 8.42 Å². The number of benzene rings is 1. The van der Waals surface area contributed by atoms with Crippen LogP contribution in [0.3, 0.4) is 0 Å². The number of likely N-dealkylation sites (N-methyl/N-ethyl adjacent to an activating group) is 1. The van der Waals surface area contributed by atoms with Crippen LogP contribution in [0.1, 0.15) is 6.92 Å². The molecule has 0 aromatic heterocycles. The maximum Gasteiger partial charge on any atom is 0.244 e. The van der Waals surface area contributed by atoms with Gasteiger partial charge < -0.3 is 4.90 Å². The summed E-state index contributed by atoms with van der Waals surface area (Å²) < 4.78 is 26.6. The number of piperazine rings is 1. The predicted molar refractivity (Wildman–Crippen MR) is 82.3 cm³/mol. The quantitative estimate of drug-likeness (QED) is 0.781. The van der Waals surface area contributed by atoms with Crippen LogP contribution in [0.4, 0.5) is 0 Å². The SMILES string of the molecule is CCN1CCN(S(=O)(=O)c2cc(Cl)c(Cl)cc2Cl)CC1. The first kappa shape index (κ1) is 16.3. The molecule has 4 nitrogen and oxygen atoms in total. The minimum absolute atomic E-state index is 0.0125. The van der Waals surface area contributed by atoms with Gasteiger partial charge in [-0.3, -0.25) is 0 Å². The first-order valence-corrected chi connectivity index (χ1v) is 8.80. The van der Waals surface area contributed by atoms with Crippen molar-refractivity contribution in [3.8, 4) is 0 Å². The van der Waals surface area contributed by atoms with Crippen molar-refractivity contribution in [1.29, 1.82) is 0 Å². The molecule has 0 saturated carbocycles. The standard InChI is InChI=1S/C12H15Cl3N2O2S/c1-2-16-3-5-17(6-4-16)20(18,19)12-8-10(14)9(13)7-11(12)15/h7-8H,2-6H2,1H3. The zero-order chi connectivity index (χ0) is 14.9. The average molecular weight is 358 g/mol. The fourth-order valence-electron chi connectivity index (χ4n) is 2.13. The Labute approximate surface area is 134 Å².